The standard InChI is InChI=1S/C20H24N2O5S/c1-14(23)8-10-21-28(26,27)17-7-6-15-9-11-22(13-16(15)12-17)20(25)18-4-2-3-5-19(18)24/h2-7,12,14,21,23-24H,8-11,13H2,1H3/t14-/m0/s1. The minimum atomic E-state index is -3.69. The molecule has 0 fully saturated rings. The van der Waals surface area contributed by atoms with E-state index in [0.717, 1.165) is 11.1 Å². The van der Waals surface area contributed by atoms with Crippen LogP contribution in [0.2, 0.25) is 0 Å². The zero-order chi connectivity index (χ0) is 20.3. The number of nitrogens with one attached hydrogen (secondary N) is 1. The van der Waals surface area contributed by atoms with Crippen molar-refractivity contribution in [3.8, 4) is 5.75 Å². The van der Waals surface area contributed by atoms with Gasteiger partial charge in [0, 0.05) is 19.6 Å². The second kappa shape index (κ2) is 8.30. The maximum Gasteiger partial charge on any atom is 0.257 e. The Morgan fingerprint density at radius 1 is 1.21 bits per heavy atom. The predicted molar refractivity (Wildman–Crippen MR) is 104 cm³/mol. The molecule has 1 aliphatic rings. The summed E-state index contributed by atoms with van der Waals surface area (Å²) in [4.78, 5) is 14.5. The van der Waals surface area contributed by atoms with Crippen molar-refractivity contribution in [1.29, 1.82) is 0 Å². The van der Waals surface area contributed by atoms with Crippen molar-refractivity contribution in [3.05, 3.63) is 59.2 Å². The first-order chi connectivity index (χ1) is 13.3. The van der Waals surface area contributed by atoms with Gasteiger partial charge in [0.25, 0.3) is 5.91 Å². The van der Waals surface area contributed by atoms with Gasteiger partial charge in [-0.25, -0.2) is 13.1 Å². The third kappa shape index (κ3) is 4.52. The molecule has 7 nitrogen and oxygen atoms in total. The molecule has 3 N–H and O–H groups in total. The predicted octanol–water partition coefficient (Wildman–Crippen LogP) is 1.64. The molecule has 1 heterocycles. The number of nitrogens with zero attached hydrogens (tertiary/aromatic N) is 1. The van der Waals surface area contributed by atoms with Gasteiger partial charge in [-0.1, -0.05) is 18.2 Å². The molecule has 0 spiro atoms. The van der Waals surface area contributed by atoms with Crippen LogP contribution in [0.5, 0.6) is 5.75 Å². The van der Waals surface area contributed by atoms with Gasteiger partial charge < -0.3 is 15.1 Å². The Hall–Kier alpha value is -2.42. The molecule has 150 valence electrons. The molecular weight excluding hydrogens is 380 g/mol. The van der Waals surface area contributed by atoms with Gasteiger partial charge in [-0.2, -0.15) is 0 Å². The molecule has 1 atom stereocenters. The van der Waals surface area contributed by atoms with Crippen LogP contribution in [0.3, 0.4) is 0 Å². The third-order valence-corrected chi connectivity index (χ3v) is 6.23. The molecule has 1 aliphatic heterocycles. The zero-order valence-corrected chi connectivity index (χ0v) is 16.4. The Morgan fingerprint density at radius 2 is 1.96 bits per heavy atom. The van der Waals surface area contributed by atoms with Crippen LogP contribution < -0.4 is 4.72 Å². The Balaban J connectivity index is 1.78. The molecule has 0 unspecified atom stereocenters. The molecule has 28 heavy (non-hydrogen) atoms. The highest BCUT2D eigenvalue weighted by Gasteiger charge is 2.25. The first kappa shape index (κ1) is 20.3. The fourth-order valence-corrected chi connectivity index (χ4v) is 4.28. The third-order valence-electron chi connectivity index (χ3n) is 4.78. The molecule has 2 aromatic carbocycles. The smallest absolute Gasteiger partial charge is 0.257 e. The van der Waals surface area contributed by atoms with Crippen LogP contribution >= 0.6 is 0 Å². The Kier molecular flexibility index (Phi) is 6.02. The first-order valence-electron chi connectivity index (χ1n) is 9.15. The largest absolute Gasteiger partial charge is 0.507 e. The lowest BCUT2D eigenvalue weighted by Gasteiger charge is -2.29. The number of fused-ring (bicyclic) bond motifs is 1. The molecule has 0 saturated heterocycles. The molecule has 0 bridgehead atoms. The van der Waals surface area contributed by atoms with E-state index in [9.17, 15) is 23.4 Å². The Labute approximate surface area is 164 Å². The summed E-state index contributed by atoms with van der Waals surface area (Å²) in [6, 6.07) is 11.3. The lowest BCUT2D eigenvalue weighted by molar-refractivity contribution is 0.0731. The van der Waals surface area contributed by atoms with Gasteiger partial charge in [-0.15, -0.1) is 0 Å². The molecule has 3 rings (SSSR count). The maximum absolute atomic E-state index is 12.7. The lowest BCUT2D eigenvalue weighted by atomic mass is 9.99. The second-order valence-corrected chi connectivity index (χ2v) is 8.73. The minimum absolute atomic E-state index is 0.0723. The molecule has 2 aromatic rings. The van der Waals surface area contributed by atoms with E-state index in [4.69, 9.17) is 0 Å². The number of sulfonamides is 1. The van der Waals surface area contributed by atoms with Crippen LogP contribution in [-0.2, 0) is 23.0 Å². The number of aliphatic hydroxyl groups is 1. The van der Waals surface area contributed by atoms with E-state index >= 15 is 0 Å². The summed E-state index contributed by atoms with van der Waals surface area (Å²) in [6.45, 7) is 2.52. The van der Waals surface area contributed by atoms with Crippen LogP contribution in [0.1, 0.15) is 34.8 Å². The van der Waals surface area contributed by atoms with Crippen molar-refractivity contribution in [1.82, 2.24) is 9.62 Å². The van der Waals surface area contributed by atoms with Gasteiger partial charge in [-0.3, -0.25) is 4.79 Å². The van der Waals surface area contributed by atoms with Crippen molar-refractivity contribution in [2.75, 3.05) is 13.1 Å². The fraction of sp³-hybridized carbons (Fsp3) is 0.350. The van der Waals surface area contributed by atoms with Crippen molar-refractivity contribution in [2.45, 2.75) is 37.3 Å². The number of carbonyl (C=O) groups is 1. The van der Waals surface area contributed by atoms with Crippen molar-refractivity contribution in [2.24, 2.45) is 0 Å². The number of phenols is 1. The molecule has 0 radical (unpaired) electrons. The lowest BCUT2D eigenvalue weighted by Crippen LogP contribution is -2.36. The highest BCUT2D eigenvalue weighted by molar-refractivity contribution is 7.89. The quantitative estimate of drug-likeness (QED) is 0.679. The van der Waals surface area contributed by atoms with Gasteiger partial charge in [0.05, 0.1) is 16.6 Å². The SMILES string of the molecule is C[C@H](O)CCNS(=O)(=O)c1ccc2c(c1)CN(C(=O)c1ccccc1O)CC2. The van der Waals surface area contributed by atoms with E-state index in [2.05, 4.69) is 4.72 Å². The number of hydrogen-bond acceptors (Lipinski definition) is 5. The normalized spacial score (nSPS) is 15.1. The monoisotopic (exact) mass is 404 g/mol. The number of para-hydroxylation sites is 1. The molecule has 8 heteroatoms. The van der Waals surface area contributed by atoms with E-state index in [0.29, 0.717) is 19.4 Å². The number of carbonyl (C=O) groups excluding carboxylic acids is 1. The highest BCUT2D eigenvalue weighted by Crippen LogP contribution is 2.25. The molecule has 0 aliphatic carbocycles. The number of rotatable bonds is 6. The summed E-state index contributed by atoms with van der Waals surface area (Å²) in [5.74, 6) is -0.357. The fourth-order valence-electron chi connectivity index (χ4n) is 3.18. The van der Waals surface area contributed by atoms with E-state index in [1.165, 1.54) is 6.07 Å². The van der Waals surface area contributed by atoms with Gasteiger partial charge in [0.2, 0.25) is 10.0 Å². The van der Waals surface area contributed by atoms with E-state index in [1.807, 2.05) is 0 Å². The van der Waals surface area contributed by atoms with Crippen molar-refractivity contribution in [3.63, 3.8) is 0 Å². The maximum atomic E-state index is 12.7. The number of phenolic OH excluding ortho intramolecular Hbond substituents is 1. The molecule has 0 aromatic heterocycles. The summed E-state index contributed by atoms with van der Waals surface area (Å²) in [5, 5.41) is 19.2. The molecule has 1 amide bonds. The van der Waals surface area contributed by atoms with Gasteiger partial charge in [0.15, 0.2) is 0 Å². The summed E-state index contributed by atoms with van der Waals surface area (Å²) in [6.07, 6.45) is 0.359. The average Bonchev–Trinajstić information content (AvgIpc) is 2.66. The van der Waals surface area contributed by atoms with Crippen LogP contribution in [0.25, 0.3) is 0 Å². The number of benzene rings is 2. The first-order valence-corrected chi connectivity index (χ1v) is 10.6. The number of aliphatic hydroxyl groups excluding tert-OH is 1. The number of amides is 1. The average molecular weight is 404 g/mol. The van der Waals surface area contributed by atoms with Gasteiger partial charge in [0.1, 0.15) is 5.75 Å². The summed E-state index contributed by atoms with van der Waals surface area (Å²) < 4.78 is 27.4. The van der Waals surface area contributed by atoms with E-state index in [-0.39, 0.29) is 35.2 Å². The van der Waals surface area contributed by atoms with Gasteiger partial charge in [-0.05, 0) is 55.2 Å². The summed E-state index contributed by atoms with van der Waals surface area (Å²) >= 11 is 0. The van der Waals surface area contributed by atoms with Crippen LogP contribution in [0.4, 0.5) is 0 Å². The number of aromatic hydroxyl groups is 1. The summed E-state index contributed by atoms with van der Waals surface area (Å²) in [7, 11) is -3.69. The molecular formula is C20H24N2O5S. The number of hydrogen-bond donors (Lipinski definition) is 3. The van der Waals surface area contributed by atoms with E-state index in [1.54, 1.807) is 48.2 Å². The van der Waals surface area contributed by atoms with E-state index < -0.39 is 16.1 Å². The topological polar surface area (TPSA) is 107 Å². The van der Waals surface area contributed by atoms with Crippen molar-refractivity contribution < 1.29 is 23.4 Å². The van der Waals surface area contributed by atoms with Crippen LogP contribution in [0, 0.1) is 0 Å². The summed E-state index contributed by atoms with van der Waals surface area (Å²) in [5.41, 5.74) is 2.01. The Bertz CT molecular complexity index is 972. The highest BCUT2D eigenvalue weighted by atomic mass is 32.2. The van der Waals surface area contributed by atoms with Crippen LogP contribution in [-0.4, -0.2) is 48.6 Å². The Morgan fingerprint density at radius 3 is 2.68 bits per heavy atom. The minimum Gasteiger partial charge on any atom is -0.507 e. The second-order valence-electron chi connectivity index (χ2n) is 6.96. The molecule has 0 saturated carbocycles. The van der Waals surface area contributed by atoms with Gasteiger partial charge >= 0.3 is 0 Å². The van der Waals surface area contributed by atoms with Crippen molar-refractivity contribution >= 4 is 15.9 Å². The zero-order valence-electron chi connectivity index (χ0n) is 15.6. The van der Waals surface area contributed by atoms with Crippen LogP contribution in [0.15, 0.2) is 47.4 Å².